The fourth-order valence-corrected chi connectivity index (χ4v) is 4.61. The number of carbonyl (C=O) groups excluding carboxylic acids is 1. The lowest BCUT2D eigenvalue weighted by Gasteiger charge is -2.35. The molecule has 1 aliphatic rings. The Labute approximate surface area is 187 Å². The molecule has 0 radical (unpaired) electrons. The van der Waals surface area contributed by atoms with Gasteiger partial charge in [-0.2, -0.15) is 5.26 Å². The highest BCUT2D eigenvalue weighted by atomic mass is 16.5. The predicted molar refractivity (Wildman–Crippen MR) is 125 cm³/mol. The maximum absolute atomic E-state index is 13.5. The van der Waals surface area contributed by atoms with Gasteiger partial charge in [0.15, 0.2) is 0 Å². The van der Waals surface area contributed by atoms with E-state index >= 15 is 0 Å². The third-order valence-electron chi connectivity index (χ3n) is 6.52. The summed E-state index contributed by atoms with van der Waals surface area (Å²) in [7, 11) is 0. The Bertz CT molecular complexity index is 915. The van der Waals surface area contributed by atoms with E-state index < -0.39 is 5.41 Å². The summed E-state index contributed by atoms with van der Waals surface area (Å²) in [6.45, 7) is 6.60. The maximum atomic E-state index is 13.5. The van der Waals surface area contributed by atoms with Crippen molar-refractivity contribution in [3.05, 3.63) is 64.7 Å². The molecule has 1 saturated carbocycles. The Morgan fingerprint density at radius 3 is 2.32 bits per heavy atom. The molecule has 0 aromatic heterocycles. The van der Waals surface area contributed by atoms with Gasteiger partial charge in [-0.25, -0.2) is 0 Å². The molecule has 0 saturated heterocycles. The van der Waals surface area contributed by atoms with Gasteiger partial charge >= 0.3 is 5.97 Å². The van der Waals surface area contributed by atoms with E-state index in [1.807, 2.05) is 12.1 Å². The second-order valence-electron chi connectivity index (χ2n) is 9.35. The van der Waals surface area contributed by atoms with Crippen molar-refractivity contribution in [3.63, 3.8) is 0 Å². The molecule has 2 aromatic rings. The number of hydrogen-bond acceptors (Lipinski definition) is 3. The average molecular weight is 418 g/mol. The molecule has 164 valence electrons. The van der Waals surface area contributed by atoms with Crippen molar-refractivity contribution >= 4 is 5.97 Å². The minimum Gasteiger partial charge on any atom is -0.424 e. The minimum atomic E-state index is -0.621. The van der Waals surface area contributed by atoms with Crippen LogP contribution in [-0.4, -0.2) is 5.97 Å². The van der Waals surface area contributed by atoms with Crippen molar-refractivity contribution in [2.24, 2.45) is 5.92 Å². The zero-order chi connectivity index (χ0) is 22.3. The molecule has 2 aromatic carbocycles. The zero-order valence-electron chi connectivity index (χ0n) is 19.2. The van der Waals surface area contributed by atoms with Crippen molar-refractivity contribution < 1.29 is 9.53 Å². The Hall–Kier alpha value is -2.60. The minimum absolute atomic E-state index is 0.220. The summed E-state index contributed by atoms with van der Waals surface area (Å²) in [5.74, 6) is 0.838. The molecule has 0 N–H and O–H groups in total. The maximum Gasteiger partial charge on any atom is 0.321 e. The summed E-state index contributed by atoms with van der Waals surface area (Å²) in [5.41, 5.74) is 3.28. The molecule has 0 amide bonds. The van der Waals surface area contributed by atoms with Gasteiger partial charge in [-0.1, -0.05) is 76.8 Å². The molecule has 0 heterocycles. The van der Waals surface area contributed by atoms with Gasteiger partial charge < -0.3 is 4.74 Å². The second-order valence-corrected chi connectivity index (χ2v) is 9.35. The van der Waals surface area contributed by atoms with Crippen molar-refractivity contribution in [3.8, 4) is 11.8 Å². The van der Waals surface area contributed by atoms with Crippen molar-refractivity contribution in [1.29, 1.82) is 5.26 Å². The van der Waals surface area contributed by atoms with E-state index in [1.54, 1.807) is 6.07 Å². The van der Waals surface area contributed by atoms with Gasteiger partial charge in [0.1, 0.15) is 11.8 Å². The van der Waals surface area contributed by atoms with Gasteiger partial charge in [0, 0.05) is 0 Å². The van der Waals surface area contributed by atoms with Crippen LogP contribution in [0.2, 0.25) is 0 Å². The smallest absolute Gasteiger partial charge is 0.321 e. The van der Waals surface area contributed by atoms with E-state index in [9.17, 15) is 10.1 Å². The molecular formula is C28H35NO2. The molecule has 3 heteroatoms. The van der Waals surface area contributed by atoms with Gasteiger partial charge in [-0.15, -0.1) is 0 Å². The van der Waals surface area contributed by atoms with Crippen molar-refractivity contribution in [2.75, 3.05) is 0 Å². The highest BCUT2D eigenvalue weighted by Gasteiger charge is 2.43. The van der Waals surface area contributed by atoms with Crippen LogP contribution in [0.3, 0.4) is 0 Å². The number of nitriles is 1. The van der Waals surface area contributed by atoms with Gasteiger partial charge in [0.25, 0.3) is 0 Å². The van der Waals surface area contributed by atoms with E-state index in [4.69, 9.17) is 4.74 Å². The standard InChI is InChI=1S/C28H35NO2/c1-4-8-23-13-16-26(24(19-23)20-29)31-27(30)28(17-6-5-7-18-28)25-14-11-22(12-15-25)10-9-21(2)3/h11-16,19,21H,4-10,17-18H2,1-3H3. The van der Waals surface area contributed by atoms with E-state index in [-0.39, 0.29) is 5.97 Å². The molecule has 0 unspecified atom stereocenters. The van der Waals surface area contributed by atoms with Crippen molar-refractivity contribution in [1.82, 2.24) is 0 Å². The summed E-state index contributed by atoms with van der Waals surface area (Å²) in [4.78, 5) is 13.5. The molecule has 3 rings (SSSR count). The van der Waals surface area contributed by atoms with E-state index in [2.05, 4.69) is 51.1 Å². The number of aryl methyl sites for hydroxylation is 2. The van der Waals surface area contributed by atoms with Crippen LogP contribution in [0, 0.1) is 17.2 Å². The molecule has 31 heavy (non-hydrogen) atoms. The monoisotopic (exact) mass is 417 g/mol. The zero-order valence-corrected chi connectivity index (χ0v) is 19.2. The Morgan fingerprint density at radius 2 is 1.71 bits per heavy atom. The fraction of sp³-hybridized carbons (Fsp3) is 0.500. The Morgan fingerprint density at radius 1 is 1.03 bits per heavy atom. The quantitative estimate of drug-likeness (QED) is 0.346. The van der Waals surface area contributed by atoms with E-state index in [0.29, 0.717) is 17.2 Å². The lowest BCUT2D eigenvalue weighted by Crippen LogP contribution is -2.41. The summed E-state index contributed by atoms with van der Waals surface area (Å²) in [6, 6.07) is 16.4. The normalized spacial score (nSPS) is 15.5. The number of benzene rings is 2. The number of carbonyl (C=O) groups is 1. The highest BCUT2D eigenvalue weighted by molar-refractivity contribution is 5.85. The molecule has 0 atom stereocenters. The van der Waals surface area contributed by atoms with Crippen LogP contribution in [0.1, 0.15) is 88.0 Å². The predicted octanol–water partition coefficient (Wildman–Crippen LogP) is 6.91. The summed E-state index contributed by atoms with van der Waals surface area (Å²) in [6.07, 6.45) is 8.94. The summed E-state index contributed by atoms with van der Waals surface area (Å²) >= 11 is 0. The average Bonchev–Trinajstić information content (AvgIpc) is 2.79. The molecule has 1 aliphatic carbocycles. The van der Waals surface area contributed by atoms with Crippen molar-refractivity contribution in [2.45, 2.75) is 84.0 Å². The van der Waals surface area contributed by atoms with E-state index in [1.165, 1.54) is 5.56 Å². The number of ether oxygens (including phenoxy) is 1. The first kappa shape index (κ1) is 23.1. The van der Waals surface area contributed by atoms with Gasteiger partial charge in [-0.05, 0) is 66.8 Å². The molecule has 1 fully saturated rings. The van der Waals surface area contributed by atoms with Gasteiger partial charge in [0.2, 0.25) is 0 Å². The number of hydrogen-bond donors (Lipinski definition) is 0. The lowest BCUT2D eigenvalue weighted by atomic mass is 9.69. The highest BCUT2D eigenvalue weighted by Crippen LogP contribution is 2.41. The first-order chi connectivity index (χ1) is 15.0. The van der Waals surface area contributed by atoms with Crippen LogP contribution in [0.25, 0.3) is 0 Å². The third-order valence-corrected chi connectivity index (χ3v) is 6.52. The molecule has 0 aliphatic heterocycles. The van der Waals surface area contributed by atoms with Gasteiger partial charge in [-0.3, -0.25) is 4.79 Å². The molecule has 0 spiro atoms. The van der Waals surface area contributed by atoms with Crippen LogP contribution in [-0.2, 0) is 23.1 Å². The van der Waals surface area contributed by atoms with Crippen LogP contribution < -0.4 is 4.74 Å². The first-order valence-electron chi connectivity index (χ1n) is 11.8. The number of nitrogens with zero attached hydrogens (tertiary/aromatic N) is 1. The van der Waals surface area contributed by atoms with Crippen LogP contribution in [0.5, 0.6) is 5.75 Å². The second kappa shape index (κ2) is 10.6. The fourth-order valence-electron chi connectivity index (χ4n) is 4.61. The molecule has 3 nitrogen and oxygen atoms in total. The number of esters is 1. The lowest BCUT2D eigenvalue weighted by molar-refractivity contribution is -0.142. The number of rotatable bonds is 8. The molecular weight excluding hydrogens is 382 g/mol. The Kier molecular flexibility index (Phi) is 7.91. The van der Waals surface area contributed by atoms with Crippen LogP contribution >= 0.6 is 0 Å². The Balaban J connectivity index is 1.85. The van der Waals surface area contributed by atoms with Crippen LogP contribution in [0.4, 0.5) is 0 Å². The third kappa shape index (κ3) is 5.56. The largest absolute Gasteiger partial charge is 0.424 e. The topological polar surface area (TPSA) is 50.1 Å². The first-order valence-corrected chi connectivity index (χ1v) is 11.8. The summed E-state index contributed by atoms with van der Waals surface area (Å²) < 4.78 is 5.91. The van der Waals surface area contributed by atoms with E-state index in [0.717, 1.165) is 68.9 Å². The van der Waals surface area contributed by atoms with Gasteiger partial charge in [0.05, 0.1) is 11.0 Å². The summed E-state index contributed by atoms with van der Waals surface area (Å²) in [5, 5.41) is 9.59. The molecule has 0 bridgehead atoms. The SMILES string of the molecule is CCCc1ccc(OC(=O)C2(c3ccc(CCC(C)C)cc3)CCCCC2)c(C#N)c1. The van der Waals surface area contributed by atoms with Crippen LogP contribution in [0.15, 0.2) is 42.5 Å².